The molecule has 6 heteroatoms. The Bertz CT molecular complexity index is 602. The Labute approximate surface area is 141 Å². The predicted octanol–water partition coefficient (Wildman–Crippen LogP) is 3.39. The van der Waals surface area contributed by atoms with E-state index < -0.39 is 5.54 Å². The summed E-state index contributed by atoms with van der Waals surface area (Å²) in [7, 11) is 0. The highest BCUT2D eigenvalue weighted by molar-refractivity contribution is 8.14. The van der Waals surface area contributed by atoms with Gasteiger partial charge >= 0.3 is 5.97 Å². The summed E-state index contributed by atoms with van der Waals surface area (Å²) < 4.78 is 10.7. The Hall–Kier alpha value is -1.69. The minimum atomic E-state index is -0.890. The number of unbranched alkanes of at least 4 members (excludes halogenated alkanes) is 1. The SMILES string of the molecule is CCCCOC(=O)[C@@]1(C)CSC(c2ccc(OCC)cc2O)=N1. The molecule has 0 bridgehead atoms. The fourth-order valence-corrected chi connectivity index (χ4v) is 3.35. The number of ether oxygens (including phenoxy) is 2. The molecule has 1 aliphatic rings. The fourth-order valence-electron chi connectivity index (χ4n) is 2.15. The van der Waals surface area contributed by atoms with Gasteiger partial charge in [0, 0.05) is 17.4 Å². The van der Waals surface area contributed by atoms with Crippen molar-refractivity contribution in [1.82, 2.24) is 0 Å². The van der Waals surface area contributed by atoms with Crippen LogP contribution in [0.4, 0.5) is 0 Å². The lowest BCUT2D eigenvalue weighted by Gasteiger charge is -2.17. The molecule has 1 aromatic carbocycles. The van der Waals surface area contributed by atoms with Crippen molar-refractivity contribution in [3.8, 4) is 11.5 Å². The molecular weight excluding hydrogens is 314 g/mol. The first-order valence-corrected chi connectivity index (χ1v) is 8.84. The average Bonchev–Trinajstić information content (AvgIpc) is 2.91. The third-order valence-corrected chi connectivity index (χ3v) is 4.81. The van der Waals surface area contributed by atoms with Crippen LogP contribution in [0.2, 0.25) is 0 Å². The van der Waals surface area contributed by atoms with Gasteiger partial charge in [-0.2, -0.15) is 0 Å². The van der Waals surface area contributed by atoms with Gasteiger partial charge in [-0.05, 0) is 32.4 Å². The van der Waals surface area contributed by atoms with Crippen molar-refractivity contribution in [3.63, 3.8) is 0 Å². The number of hydrogen-bond donors (Lipinski definition) is 1. The molecule has 0 unspecified atom stereocenters. The van der Waals surface area contributed by atoms with Crippen molar-refractivity contribution in [2.75, 3.05) is 19.0 Å². The average molecular weight is 337 g/mol. The normalized spacial score (nSPS) is 20.2. The number of aromatic hydroxyl groups is 1. The number of phenolic OH excluding ortho intramolecular Hbond substituents is 1. The molecule has 0 radical (unpaired) electrons. The lowest BCUT2D eigenvalue weighted by Crippen LogP contribution is -2.35. The van der Waals surface area contributed by atoms with Crippen LogP contribution in [0.5, 0.6) is 11.5 Å². The summed E-state index contributed by atoms with van der Waals surface area (Å²) in [4.78, 5) is 16.7. The Morgan fingerprint density at radius 1 is 1.43 bits per heavy atom. The quantitative estimate of drug-likeness (QED) is 0.610. The van der Waals surface area contributed by atoms with Gasteiger partial charge in [-0.3, -0.25) is 4.99 Å². The van der Waals surface area contributed by atoms with Crippen LogP contribution in [0.25, 0.3) is 0 Å². The molecule has 126 valence electrons. The van der Waals surface area contributed by atoms with E-state index in [2.05, 4.69) is 4.99 Å². The summed E-state index contributed by atoms with van der Waals surface area (Å²) in [5.41, 5.74) is -0.276. The maximum absolute atomic E-state index is 12.2. The van der Waals surface area contributed by atoms with E-state index >= 15 is 0 Å². The predicted molar refractivity (Wildman–Crippen MR) is 92.5 cm³/mol. The summed E-state index contributed by atoms with van der Waals surface area (Å²) >= 11 is 1.45. The van der Waals surface area contributed by atoms with Crippen molar-refractivity contribution >= 4 is 22.8 Å². The lowest BCUT2D eigenvalue weighted by atomic mass is 10.1. The monoisotopic (exact) mass is 337 g/mol. The minimum Gasteiger partial charge on any atom is -0.507 e. The number of aliphatic imine (C=N–C) groups is 1. The van der Waals surface area contributed by atoms with E-state index in [1.807, 2.05) is 13.8 Å². The van der Waals surface area contributed by atoms with E-state index in [-0.39, 0.29) is 11.7 Å². The van der Waals surface area contributed by atoms with E-state index in [0.29, 0.717) is 35.3 Å². The van der Waals surface area contributed by atoms with Gasteiger partial charge in [0.25, 0.3) is 0 Å². The first-order chi connectivity index (χ1) is 11.0. The molecule has 1 aliphatic heterocycles. The maximum atomic E-state index is 12.2. The zero-order valence-corrected chi connectivity index (χ0v) is 14.6. The fraction of sp³-hybridized carbons (Fsp3) is 0.529. The largest absolute Gasteiger partial charge is 0.507 e. The second-order valence-electron chi connectivity index (χ2n) is 5.58. The zero-order chi connectivity index (χ0) is 16.9. The van der Waals surface area contributed by atoms with Gasteiger partial charge in [0.2, 0.25) is 0 Å². The van der Waals surface area contributed by atoms with Gasteiger partial charge < -0.3 is 14.6 Å². The number of thioether (sulfide) groups is 1. The second kappa shape index (κ2) is 7.73. The van der Waals surface area contributed by atoms with Crippen LogP contribution in [-0.2, 0) is 9.53 Å². The molecule has 1 aromatic rings. The number of benzene rings is 1. The number of carbonyl (C=O) groups is 1. The van der Waals surface area contributed by atoms with Gasteiger partial charge in [-0.25, -0.2) is 4.79 Å². The van der Waals surface area contributed by atoms with Crippen molar-refractivity contribution in [2.45, 2.75) is 39.2 Å². The molecule has 5 nitrogen and oxygen atoms in total. The third kappa shape index (κ3) is 4.19. The molecule has 1 atom stereocenters. The van der Waals surface area contributed by atoms with Gasteiger partial charge in [0.05, 0.1) is 13.2 Å². The Morgan fingerprint density at radius 2 is 2.22 bits per heavy atom. The van der Waals surface area contributed by atoms with Gasteiger partial charge in [-0.15, -0.1) is 11.8 Å². The highest BCUT2D eigenvalue weighted by Gasteiger charge is 2.40. The number of esters is 1. The maximum Gasteiger partial charge on any atom is 0.334 e. The van der Waals surface area contributed by atoms with E-state index in [9.17, 15) is 9.90 Å². The summed E-state index contributed by atoms with van der Waals surface area (Å²) in [5, 5.41) is 10.8. The molecule has 0 aromatic heterocycles. The smallest absolute Gasteiger partial charge is 0.334 e. The standard InChI is InChI=1S/C17H23NO4S/c1-4-6-9-22-16(20)17(3)11-23-15(18-17)13-8-7-12(21-5-2)10-14(13)19/h7-8,10,19H,4-6,9,11H2,1-3H3/t17-/m1/s1. The molecule has 0 saturated heterocycles. The summed E-state index contributed by atoms with van der Waals surface area (Å²) in [6.07, 6.45) is 1.83. The van der Waals surface area contributed by atoms with E-state index in [1.165, 1.54) is 11.8 Å². The lowest BCUT2D eigenvalue weighted by molar-refractivity contribution is -0.148. The zero-order valence-electron chi connectivity index (χ0n) is 13.8. The van der Waals surface area contributed by atoms with Gasteiger partial charge in [0.15, 0.2) is 5.54 Å². The van der Waals surface area contributed by atoms with Gasteiger partial charge in [-0.1, -0.05) is 13.3 Å². The van der Waals surface area contributed by atoms with Crippen LogP contribution in [0.15, 0.2) is 23.2 Å². The number of rotatable bonds is 7. The molecule has 0 aliphatic carbocycles. The van der Waals surface area contributed by atoms with E-state index in [1.54, 1.807) is 25.1 Å². The molecule has 0 saturated carbocycles. The van der Waals surface area contributed by atoms with Crippen LogP contribution < -0.4 is 4.74 Å². The topological polar surface area (TPSA) is 68.1 Å². The van der Waals surface area contributed by atoms with Gasteiger partial charge in [0.1, 0.15) is 16.5 Å². The molecule has 0 amide bonds. The number of hydrogen-bond acceptors (Lipinski definition) is 6. The number of phenols is 1. The highest BCUT2D eigenvalue weighted by atomic mass is 32.2. The minimum absolute atomic E-state index is 0.103. The van der Waals surface area contributed by atoms with E-state index in [4.69, 9.17) is 9.47 Å². The van der Waals surface area contributed by atoms with Crippen LogP contribution in [0, 0.1) is 0 Å². The molecular formula is C17H23NO4S. The molecule has 0 spiro atoms. The second-order valence-corrected chi connectivity index (χ2v) is 6.54. The van der Waals surface area contributed by atoms with Crippen LogP contribution in [0.3, 0.4) is 0 Å². The Morgan fingerprint density at radius 3 is 2.87 bits per heavy atom. The Kier molecular flexibility index (Phi) is 5.93. The van der Waals surface area contributed by atoms with Crippen LogP contribution in [-0.4, -0.2) is 40.6 Å². The van der Waals surface area contributed by atoms with Crippen molar-refractivity contribution < 1.29 is 19.4 Å². The van der Waals surface area contributed by atoms with Crippen LogP contribution in [0.1, 0.15) is 39.2 Å². The highest BCUT2D eigenvalue weighted by Crippen LogP contribution is 2.36. The number of nitrogens with zero attached hydrogens (tertiary/aromatic N) is 1. The first kappa shape index (κ1) is 17.7. The van der Waals surface area contributed by atoms with Crippen molar-refractivity contribution in [1.29, 1.82) is 0 Å². The molecule has 1 N–H and O–H groups in total. The number of carbonyl (C=O) groups excluding carboxylic acids is 1. The third-order valence-electron chi connectivity index (χ3n) is 3.52. The summed E-state index contributed by atoms with van der Waals surface area (Å²) in [5.74, 6) is 0.920. The van der Waals surface area contributed by atoms with Crippen LogP contribution >= 0.6 is 11.8 Å². The molecule has 0 fully saturated rings. The summed E-state index contributed by atoms with van der Waals surface area (Å²) in [6, 6.07) is 5.12. The van der Waals surface area contributed by atoms with E-state index in [0.717, 1.165) is 12.8 Å². The first-order valence-electron chi connectivity index (χ1n) is 7.86. The molecule has 2 rings (SSSR count). The van der Waals surface area contributed by atoms with Crippen molar-refractivity contribution in [3.05, 3.63) is 23.8 Å². The molecule has 23 heavy (non-hydrogen) atoms. The summed E-state index contributed by atoms with van der Waals surface area (Å²) in [6.45, 7) is 6.67. The Balaban J connectivity index is 2.14. The van der Waals surface area contributed by atoms with Crippen molar-refractivity contribution in [2.24, 2.45) is 4.99 Å². The molecule has 1 heterocycles.